The third-order valence-electron chi connectivity index (χ3n) is 3.54. The highest BCUT2D eigenvalue weighted by Crippen LogP contribution is 2.22. The SMILES string of the molecule is C[C@@H](C[C@@H](N)Cc1cn(C)c2ccccc12)C(=O)O. The fourth-order valence-corrected chi connectivity index (χ4v) is 2.51. The maximum absolute atomic E-state index is 10.8. The first-order chi connectivity index (χ1) is 8.99. The number of carbonyl (C=O) groups is 1. The first-order valence-corrected chi connectivity index (χ1v) is 6.50. The van der Waals surface area contributed by atoms with Gasteiger partial charge in [-0.3, -0.25) is 4.79 Å². The minimum atomic E-state index is -0.784. The standard InChI is InChI=1S/C15H20N2O2/c1-10(15(18)19)7-12(16)8-11-9-17(2)14-6-4-3-5-13(11)14/h3-6,9-10,12H,7-8,16H2,1-2H3,(H,18,19)/t10-,12+/m0/s1. The summed E-state index contributed by atoms with van der Waals surface area (Å²) in [6, 6.07) is 8.05. The lowest BCUT2D eigenvalue weighted by Gasteiger charge is -2.13. The van der Waals surface area contributed by atoms with Crippen LogP contribution in [0.25, 0.3) is 10.9 Å². The van der Waals surface area contributed by atoms with Gasteiger partial charge in [-0.05, 0) is 24.5 Å². The molecule has 4 nitrogen and oxygen atoms in total. The zero-order chi connectivity index (χ0) is 14.0. The van der Waals surface area contributed by atoms with Crippen LogP contribution in [0.3, 0.4) is 0 Å². The molecule has 102 valence electrons. The third kappa shape index (κ3) is 2.96. The number of aliphatic carboxylic acids is 1. The quantitative estimate of drug-likeness (QED) is 0.865. The predicted molar refractivity (Wildman–Crippen MR) is 76.0 cm³/mol. The third-order valence-corrected chi connectivity index (χ3v) is 3.54. The van der Waals surface area contributed by atoms with Crippen LogP contribution in [0.2, 0.25) is 0 Å². The van der Waals surface area contributed by atoms with Gasteiger partial charge in [0.25, 0.3) is 0 Å². The molecule has 19 heavy (non-hydrogen) atoms. The first-order valence-electron chi connectivity index (χ1n) is 6.50. The smallest absolute Gasteiger partial charge is 0.306 e. The lowest BCUT2D eigenvalue weighted by atomic mass is 9.97. The number of fused-ring (bicyclic) bond motifs is 1. The fourth-order valence-electron chi connectivity index (χ4n) is 2.51. The number of aryl methyl sites for hydroxylation is 1. The molecule has 4 heteroatoms. The van der Waals surface area contributed by atoms with Gasteiger partial charge in [-0.25, -0.2) is 0 Å². The van der Waals surface area contributed by atoms with Crippen LogP contribution in [0, 0.1) is 5.92 Å². The van der Waals surface area contributed by atoms with Crippen molar-refractivity contribution in [2.75, 3.05) is 0 Å². The molecule has 2 atom stereocenters. The van der Waals surface area contributed by atoms with Crippen LogP contribution in [-0.4, -0.2) is 21.7 Å². The number of nitrogens with zero attached hydrogens (tertiary/aromatic N) is 1. The Morgan fingerprint density at radius 1 is 1.42 bits per heavy atom. The molecule has 1 aromatic heterocycles. The Bertz CT molecular complexity index is 589. The molecule has 3 N–H and O–H groups in total. The number of carboxylic acids is 1. The minimum absolute atomic E-state index is 0.128. The summed E-state index contributed by atoms with van der Waals surface area (Å²) in [5, 5.41) is 10.1. The largest absolute Gasteiger partial charge is 0.481 e. The molecule has 0 aliphatic heterocycles. The van der Waals surface area contributed by atoms with Crippen LogP contribution in [-0.2, 0) is 18.3 Å². The van der Waals surface area contributed by atoms with Crippen molar-refractivity contribution in [3.05, 3.63) is 36.0 Å². The van der Waals surface area contributed by atoms with Gasteiger partial charge in [0.05, 0.1) is 5.92 Å². The Kier molecular flexibility index (Phi) is 3.90. The number of carboxylic acid groups (broad SMARTS) is 1. The maximum Gasteiger partial charge on any atom is 0.306 e. The van der Waals surface area contributed by atoms with E-state index >= 15 is 0 Å². The monoisotopic (exact) mass is 260 g/mol. The normalized spacial score (nSPS) is 14.5. The number of para-hydroxylation sites is 1. The summed E-state index contributed by atoms with van der Waals surface area (Å²) >= 11 is 0. The summed E-state index contributed by atoms with van der Waals surface area (Å²) < 4.78 is 2.08. The lowest BCUT2D eigenvalue weighted by Crippen LogP contribution is -2.28. The summed E-state index contributed by atoms with van der Waals surface area (Å²) in [5.74, 6) is -1.18. The zero-order valence-corrected chi connectivity index (χ0v) is 11.3. The molecule has 0 aliphatic carbocycles. The van der Waals surface area contributed by atoms with Gasteiger partial charge in [-0.2, -0.15) is 0 Å². The predicted octanol–water partition coefficient (Wildman–Crippen LogP) is 2.16. The van der Waals surface area contributed by atoms with Crippen LogP contribution in [0.1, 0.15) is 18.9 Å². The Morgan fingerprint density at radius 2 is 2.11 bits per heavy atom. The zero-order valence-electron chi connectivity index (χ0n) is 11.3. The number of nitrogens with two attached hydrogens (primary N) is 1. The molecule has 0 aliphatic rings. The van der Waals surface area contributed by atoms with E-state index in [-0.39, 0.29) is 6.04 Å². The van der Waals surface area contributed by atoms with Crippen molar-refractivity contribution in [3.8, 4) is 0 Å². The van der Waals surface area contributed by atoms with E-state index in [0.29, 0.717) is 12.8 Å². The van der Waals surface area contributed by atoms with E-state index in [1.165, 1.54) is 16.5 Å². The Hall–Kier alpha value is -1.81. The highest BCUT2D eigenvalue weighted by molar-refractivity contribution is 5.83. The van der Waals surface area contributed by atoms with Crippen molar-refractivity contribution in [1.29, 1.82) is 0 Å². The molecule has 0 bridgehead atoms. The van der Waals surface area contributed by atoms with E-state index in [0.717, 1.165) is 0 Å². The summed E-state index contributed by atoms with van der Waals surface area (Å²) in [4.78, 5) is 10.8. The molecule has 0 radical (unpaired) electrons. The number of benzene rings is 1. The van der Waals surface area contributed by atoms with Crippen LogP contribution in [0.5, 0.6) is 0 Å². The van der Waals surface area contributed by atoms with Crippen molar-refractivity contribution in [1.82, 2.24) is 4.57 Å². The van der Waals surface area contributed by atoms with Crippen LogP contribution in [0.4, 0.5) is 0 Å². The molecule has 0 saturated heterocycles. The molecule has 1 heterocycles. The highest BCUT2D eigenvalue weighted by Gasteiger charge is 2.17. The van der Waals surface area contributed by atoms with Gasteiger partial charge in [-0.15, -0.1) is 0 Å². The lowest BCUT2D eigenvalue weighted by molar-refractivity contribution is -0.141. The second kappa shape index (κ2) is 5.45. The van der Waals surface area contributed by atoms with Gasteiger partial charge in [0.2, 0.25) is 0 Å². The summed E-state index contributed by atoms with van der Waals surface area (Å²) in [7, 11) is 2.01. The Morgan fingerprint density at radius 3 is 2.79 bits per heavy atom. The van der Waals surface area contributed by atoms with Gasteiger partial charge in [0, 0.05) is 30.2 Å². The molecule has 0 fully saturated rings. The molecule has 2 rings (SSSR count). The molecule has 0 amide bonds. The minimum Gasteiger partial charge on any atom is -0.481 e. The molecule has 0 spiro atoms. The Balaban J connectivity index is 2.15. The second-order valence-corrected chi connectivity index (χ2v) is 5.22. The maximum atomic E-state index is 10.8. The Labute approximate surface area is 112 Å². The van der Waals surface area contributed by atoms with Gasteiger partial charge >= 0.3 is 5.97 Å². The van der Waals surface area contributed by atoms with Crippen molar-refractivity contribution in [2.24, 2.45) is 18.7 Å². The van der Waals surface area contributed by atoms with E-state index in [2.05, 4.69) is 22.9 Å². The van der Waals surface area contributed by atoms with Crippen molar-refractivity contribution in [3.63, 3.8) is 0 Å². The van der Waals surface area contributed by atoms with Crippen LogP contribution >= 0.6 is 0 Å². The number of rotatable bonds is 5. The molecule has 0 saturated carbocycles. The molecular formula is C15H20N2O2. The van der Waals surface area contributed by atoms with E-state index in [4.69, 9.17) is 10.8 Å². The fraction of sp³-hybridized carbons (Fsp3) is 0.400. The van der Waals surface area contributed by atoms with E-state index in [9.17, 15) is 4.79 Å². The van der Waals surface area contributed by atoms with Crippen molar-refractivity contribution in [2.45, 2.75) is 25.8 Å². The van der Waals surface area contributed by atoms with Gasteiger partial charge in [0.15, 0.2) is 0 Å². The van der Waals surface area contributed by atoms with E-state index in [1.54, 1.807) is 6.92 Å². The number of hydrogen-bond acceptors (Lipinski definition) is 2. The van der Waals surface area contributed by atoms with E-state index < -0.39 is 11.9 Å². The first kappa shape index (κ1) is 13.6. The number of hydrogen-bond donors (Lipinski definition) is 2. The summed E-state index contributed by atoms with van der Waals surface area (Å²) in [6.45, 7) is 1.70. The van der Waals surface area contributed by atoms with Crippen molar-refractivity contribution < 1.29 is 9.90 Å². The average molecular weight is 260 g/mol. The topological polar surface area (TPSA) is 68.2 Å². The van der Waals surface area contributed by atoms with Gasteiger partial charge in [-0.1, -0.05) is 25.1 Å². The van der Waals surface area contributed by atoms with E-state index in [1.807, 2.05) is 19.2 Å². The molecule has 1 aromatic carbocycles. The molecule has 0 unspecified atom stereocenters. The van der Waals surface area contributed by atoms with Crippen molar-refractivity contribution >= 4 is 16.9 Å². The van der Waals surface area contributed by atoms with Crippen LogP contribution < -0.4 is 5.73 Å². The average Bonchev–Trinajstić information content (AvgIpc) is 2.67. The summed E-state index contributed by atoms with van der Waals surface area (Å²) in [5.41, 5.74) is 8.43. The number of aromatic nitrogens is 1. The van der Waals surface area contributed by atoms with Gasteiger partial charge < -0.3 is 15.4 Å². The molecular weight excluding hydrogens is 240 g/mol. The second-order valence-electron chi connectivity index (χ2n) is 5.22. The summed E-state index contributed by atoms with van der Waals surface area (Å²) in [6.07, 6.45) is 3.29. The molecule has 2 aromatic rings. The van der Waals surface area contributed by atoms with Gasteiger partial charge in [0.1, 0.15) is 0 Å². The van der Waals surface area contributed by atoms with Crippen LogP contribution in [0.15, 0.2) is 30.5 Å². The highest BCUT2D eigenvalue weighted by atomic mass is 16.4.